The number of carbonyl (C=O) groups excluding carboxylic acids is 1. The van der Waals surface area contributed by atoms with Crippen molar-refractivity contribution in [1.29, 1.82) is 0 Å². The standard InChI is InChI=1S/C24H16F7N3O/c25-18-6-8-19(9-7-18)34(11-1-2-15-3-10-21(32)33-14-15)22(35)12-16-4-5-17(23(26,27)28)13-20(16)24(29,30)31/h3-10,13-14H,11-12H2,(H2,32,33). The molecule has 1 heterocycles. The molecule has 0 fully saturated rings. The molecule has 1 aromatic heterocycles. The van der Waals surface area contributed by atoms with E-state index in [2.05, 4.69) is 16.8 Å². The van der Waals surface area contributed by atoms with E-state index in [0.29, 0.717) is 17.7 Å². The Hall–Kier alpha value is -4.07. The molecule has 0 aliphatic rings. The highest BCUT2D eigenvalue weighted by Gasteiger charge is 2.38. The third kappa shape index (κ3) is 6.72. The summed E-state index contributed by atoms with van der Waals surface area (Å²) < 4.78 is 92.6. The van der Waals surface area contributed by atoms with Gasteiger partial charge in [-0.3, -0.25) is 4.79 Å². The normalized spacial score (nSPS) is 11.5. The zero-order valence-electron chi connectivity index (χ0n) is 17.7. The van der Waals surface area contributed by atoms with Crippen LogP contribution in [-0.2, 0) is 23.6 Å². The number of rotatable bonds is 4. The maximum Gasteiger partial charge on any atom is 0.416 e. The molecule has 0 saturated carbocycles. The highest BCUT2D eigenvalue weighted by molar-refractivity contribution is 5.95. The number of anilines is 2. The summed E-state index contributed by atoms with van der Waals surface area (Å²) in [7, 11) is 0. The minimum atomic E-state index is -5.13. The van der Waals surface area contributed by atoms with Crippen molar-refractivity contribution in [2.24, 2.45) is 0 Å². The van der Waals surface area contributed by atoms with E-state index in [1.807, 2.05) is 0 Å². The molecule has 0 spiro atoms. The van der Waals surface area contributed by atoms with Gasteiger partial charge in [0.05, 0.1) is 24.1 Å². The monoisotopic (exact) mass is 495 g/mol. The van der Waals surface area contributed by atoms with Crippen LogP contribution < -0.4 is 10.6 Å². The maximum absolute atomic E-state index is 13.5. The fourth-order valence-corrected chi connectivity index (χ4v) is 3.07. The number of alkyl halides is 6. The topological polar surface area (TPSA) is 59.2 Å². The lowest BCUT2D eigenvalue weighted by molar-refractivity contribution is -0.143. The fourth-order valence-electron chi connectivity index (χ4n) is 3.07. The van der Waals surface area contributed by atoms with Crippen molar-refractivity contribution in [3.63, 3.8) is 0 Å². The first kappa shape index (κ1) is 25.6. The minimum Gasteiger partial charge on any atom is -0.384 e. The summed E-state index contributed by atoms with van der Waals surface area (Å²) in [6, 6.07) is 8.70. The molecular weight excluding hydrogens is 479 g/mol. The quantitative estimate of drug-likeness (QED) is 0.386. The van der Waals surface area contributed by atoms with Gasteiger partial charge in [-0.2, -0.15) is 26.3 Å². The van der Waals surface area contributed by atoms with Crippen LogP contribution in [0.3, 0.4) is 0 Å². The third-order valence-electron chi connectivity index (χ3n) is 4.78. The molecule has 0 atom stereocenters. The average molecular weight is 495 g/mol. The summed E-state index contributed by atoms with van der Waals surface area (Å²) in [5.41, 5.74) is 2.39. The van der Waals surface area contributed by atoms with Gasteiger partial charge in [0.2, 0.25) is 5.91 Å². The van der Waals surface area contributed by atoms with Crippen LogP contribution in [0.15, 0.2) is 60.8 Å². The van der Waals surface area contributed by atoms with Crippen molar-refractivity contribution >= 4 is 17.4 Å². The number of nitrogens with zero attached hydrogens (tertiary/aromatic N) is 2. The zero-order chi connectivity index (χ0) is 25.8. The molecule has 4 nitrogen and oxygen atoms in total. The van der Waals surface area contributed by atoms with Crippen molar-refractivity contribution in [2.45, 2.75) is 18.8 Å². The summed E-state index contributed by atoms with van der Waals surface area (Å²) in [5.74, 6) is 4.17. The summed E-state index contributed by atoms with van der Waals surface area (Å²) in [5, 5.41) is 0. The second kappa shape index (κ2) is 10.0. The van der Waals surface area contributed by atoms with Crippen LogP contribution in [-0.4, -0.2) is 17.4 Å². The van der Waals surface area contributed by atoms with E-state index < -0.39 is 47.2 Å². The van der Waals surface area contributed by atoms with E-state index in [-0.39, 0.29) is 24.1 Å². The second-order valence-electron chi connectivity index (χ2n) is 7.27. The lowest BCUT2D eigenvalue weighted by Crippen LogP contribution is -2.33. The van der Waals surface area contributed by atoms with Crippen LogP contribution in [0.4, 0.5) is 42.2 Å². The number of benzene rings is 2. The third-order valence-corrected chi connectivity index (χ3v) is 4.78. The molecule has 0 radical (unpaired) electrons. The highest BCUT2D eigenvalue weighted by Crippen LogP contribution is 2.37. The Morgan fingerprint density at radius 1 is 0.943 bits per heavy atom. The smallest absolute Gasteiger partial charge is 0.384 e. The van der Waals surface area contributed by atoms with E-state index >= 15 is 0 Å². The molecule has 1 amide bonds. The maximum atomic E-state index is 13.5. The van der Waals surface area contributed by atoms with Crippen molar-refractivity contribution in [2.75, 3.05) is 17.2 Å². The van der Waals surface area contributed by atoms with Gasteiger partial charge in [0, 0.05) is 17.4 Å². The van der Waals surface area contributed by atoms with Gasteiger partial charge in [0.1, 0.15) is 11.6 Å². The molecule has 2 aromatic carbocycles. The largest absolute Gasteiger partial charge is 0.416 e. The molecule has 35 heavy (non-hydrogen) atoms. The Labute approximate surface area is 195 Å². The minimum absolute atomic E-state index is 0.0290. The second-order valence-corrected chi connectivity index (χ2v) is 7.27. The Morgan fingerprint density at radius 3 is 2.20 bits per heavy atom. The lowest BCUT2D eigenvalue weighted by Gasteiger charge is -2.22. The molecule has 0 aliphatic heterocycles. The SMILES string of the molecule is Nc1ccc(C#CCN(C(=O)Cc2ccc(C(F)(F)F)cc2C(F)(F)F)c2ccc(F)cc2)cn1. The highest BCUT2D eigenvalue weighted by atomic mass is 19.4. The first-order valence-electron chi connectivity index (χ1n) is 9.88. The number of hydrogen-bond acceptors (Lipinski definition) is 3. The summed E-state index contributed by atoms with van der Waals surface area (Å²) in [6.07, 6.45) is -9.60. The predicted octanol–water partition coefficient (Wildman–Crippen LogP) is 5.47. The van der Waals surface area contributed by atoms with E-state index in [1.165, 1.54) is 24.4 Å². The summed E-state index contributed by atoms with van der Waals surface area (Å²) in [4.78, 5) is 17.9. The number of nitrogen functional groups attached to an aromatic ring is 1. The number of carbonyl (C=O) groups is 1. The first-order chi connectivity index (χ1) is 16.3. The number of halogens is 7. The summed E-state index contributed by atoms with van der Waals surface area (Å²) in [6.45, 7) is -0.295. The number of nitrogens with two attached hydrogens (primary N) is 1. The van der Waals surface area contributed by atoms with Gasteiger partial charge in [-0.15, -0.1) is 0 Å². The van der Waals surface area contributed by atoms with Crippen LogP contribution in [0, 0.1) is 17.7 Å². The van der Waals surface area contributed by atoms with E-state index in [1.54, 1.807) is 6.07 Å². The Bertz CT molecular complexity index is 1260. The Morgan fingerprint density at radius 2 is 1.63 bits per heavy atom. The molecule has 0 aliphatic carbocycles. The van der Waals surface area contributed by atoms with Gasteiger partial charge in [-0.25, -0.2) is 9.37 Å². The molecule has 2 N–H and O–H groups in total. The predicted molar refractivity (Wildman–Crippen MR) is 114 cm³/mol. The molecule has 0 bridgehead atoms. The van der Waals surface area contributed by atoms with Crippen molar-refractivity contribution < 1.29 is 35.5 Å². The molecule has 0 unspecified atom stereocenters. The van der Waals surface area contributed by atoms with Crippen LogP contribution in [0.5, 0.6) is 0 Å². The van der Waals surface area contributed by atoms with E-state index in [4.69, 9.17) is 5.73 Å². The molecule has 182 valence electrons. The first-order valence-corrected chi connectivity index (χ1v) is 9.88. The lowest BCUT2D eigenvalue weighted by atomic mass is 10.00. The number of pyridine rings is 1. The molecule has 3 aromatic rings. The zero-order valence-corrected chi connectivity index (χ0v) is 17.7. The van der Waals surface area contributed by atoms with E-state index in [9.17, 15) is 35.5 Å². The van der Waals surface area contributed by atoms with Crippen molar-refractivity contribution in [1.82, 2.24) is 4.98 Å². The fraction of sp³-hybridized carbons (Fsp3) is 0.167. The molecule has 3 rings (SSSR count). The van der Waals surface area contributed by atoms with Crippen molar-refractivity contribution in [3.05, 3.63) is 88.9 Å². The summed E-state index contributed by atoms with van der Waals surface area (Å²) >= 11 is 0. The van der Waals surface area contributed by atoms with Gasteiger partial charge >= 0.3 is 12.4 Å². The van der Waals surface area contributed by atoms with Crippen LogP contribution in [0.1, 0.15) is 22.3 Å². The van der Waals surface area contributed by atoms with Crippen LogP contribution >= 0.6 is 0 Å². The Kier molecular flexibility index (Phi) is 7.34. The number of aromatic nitrogens is 1. The van der Waals surface area contributed by atoms with Gasteiger partial charge in [0.25, 0.3) is 0 Å². The van der Waals surface area contributed by atoms with E-state index in [0.717, 1.165) is 17.0 Å². The Balaban J connectivity index is 1.93. The van der Waals surface area contributed by atoms with Crippen molar-refractivity contribution in [3.8, 4) is 11.8 Å². The number of amides is 1. The molecule has 11 heteroatoms. The van der Waals surface area contributed by atoms with Crippen LogP contribution in [0.2, 0.25) is 0 Å². The molecular formula is C24H16F7N3O. The van der Waals surface area contributed by atoms with Gasteiger partial charge in [-0.1, -0.05) is 17.9 Å². The number of hydrogen-bond donors (Lipinski definition) is 1. The molecule has 0 saturated heterocycles. The van der Waals surface area contributed by atoms with Gasteiger partial charge in [-0.05, 0) is 54.1 Å². The van der Waals surface area contributed by atoms with Gasteiger partial charge < -0.3 is 10.6 Å². The van der Waals surface area contributed by atoms with Crippen LogP contribution in [0.25, 0.3) is 0 Å². The average Bonchev–Trinajstić information content (AvgIpc) is 2.77. The van der Waals surface area contributed by atoms with Gasteiger partial charge in [0.15, 0.2) is 0 Å².